The van der Waals surface area contributed by atoms with Crippen molar-refractivity contribution in [1.82, 2.24) is 10.2 Å². The molecule has 1 fully saturated rings. The zero-order valence-corrected chi connectivity index (χ0v) is 18.0. The topological polar surface area (TPSA) is 99.5 Å². The molecule has 1 N–H and O–H groups in total. The van der Waals surface area contributed by atoms with E-state index < -0.39 is 11.9 Å². The Morgan fingerprint density at radius 1 is 1.30 bits per heavy atom. The van der Waals surface area contributed by atoms with Crippen molar-refractivity contribution in [1.29, 1.82) is 5.26 Å². The Hall–Kier alpha value is -2.79. The third-order valence-corrected chi connectivity index (χ3v) is 6.56. The number of amides is 2. The Balaban J connectivity index is 1.78. The number of carbonyl (C=O) groups excluding carboxylic acids is 3. The van der Waals surface area contributed by atoms with Gasteiger partial charge in [-0.25, -0.2) is 4.79 Å². The van der Waals surface area contributed by atoms with Crippen LogP contribution in [0.5, 0.6) is 0 Å². The normalized spacial score (nSPS) is 21.6. The summed E-state index contributed by atoms with van der Waals surface area (Å²) in [5.74, 6) is -0.852. The minimum absolute atomic E-state index is 0.0239. The number of allylic oxidation sites excluding steroid dienone is 1. The molecule has 7 nitrogen and oxygen atoms in total. The zero-order chi connectivity index (χ0) is 21.7. The maximum atomic E-state index is 12.7. The second-order valence-electron chi connectivity index (χ2n) is 7.49. The van der Waals surface area contributed by atoms with E-state index >= 15 is 0 Å². The number of methoxy groups -OCH3 is 1. The highest BCUT2D eigenvalue weighted by Gasteiger charge is 2.31. The van der Waals surface area contributed by atoms with Gasteiger partial charge in [-0.05, 0) is 43.9 Å². The summed E-state index contributed by atoms with van der Waals surface area (Å²) in [6, 6.07) is 9.14. The number of benzene rings is 1. The lowest BCUT2D eigenvalue weighted by molar-refractivity contribution is -0.131. The Morgan fingerprint density at radius 3 is 2.67 bits per heavy atom. The summed E-state index contributed by atoms with van der Waals surface area (Å²) in [5.41, 5.74) is 1.60. The largest absolute Gasteiger partial charge is 0.465 e. The second kappa shape index (κ2) is 9.81. The van der Waals surface area contributed by atoms with Crippen molar-refractivity contribution in [3.05, 3.63) is 46.0 Å². The van der Waals surface area contributed by atoms with Gasteiger partial charge in [0, 0.05) is 24.9 Å². The van der Waals surface area contributed by atoms with Gasteiger partial charge in [0.15, 0.2) is 0 Å². The van der Waals surface area contributed by atoms with E-state index in [-0.39, 0.29) is 30.0 Å². The molecule has 158 valence electrons. The summed E-state index contributed by atoms with van der Waals surface area (Å²) in [7, 11) is 1.31. The number of nitrogens with one attached hydrogen (secondary N) is 1. The fourth-order valence-corrected chi connectivity index (χ4v) is 4.84. The number of carbonyl (C=O) groups is 3. The van der Waals surface area contributed by atoms with Crippen LogP contribution >= 0.6 is 11.8 Å². The van der Waals surface area contributed by atoms with Gasteiger partial charge in [-0.2, -0.15) is 5.26 Å². The highest BCUT2D eigenvalue weighted by molar-refractivity contribution is 8.03. The van der Waals surface area contributed by atoms with E-state index in [1.165, 1.54) is 18.9 Å². The molecule has 2 aliphatic rings. The molecule has 0 aliphatic carbocycles. The standard InChI is InChI=1S/C22H25N3O4S/c1-14-5-3-4-10-25(14)20(27)13-30-21-18(12-23)17(11-19(26)24-21)15-6-8-16(9-7-15)22(28)29-2/h6-9,14,17H,3-5,10-11,13H2,1-2H3,(H,24,26)/t14-,17+/m1/s1. The summed E-state index contributed by atoms with van der Waals surface area (Å²) in [5, 5.41) is 13.0. The lowest BCUT2D eigenvalue weighted by Crippen LogP contribution is -2.43. The molecule has 1 aromatic carbocycles. The average Bonchev–Trinajstić information content (AvgIpc) is 2.77. The number of hydrogen-bond donors (Lipinski definition) is 1. The highest BCUT2D eigenvalue weighted by Crippen LogP contribution is 2.36. The Kier molecular flexibility index (Phi) is 7.16. The van der Waals surface area contributed by atoms with Crippen LogP contribution in [0.25, 0.3) is 0 Å². The zero-order valence-electron chi connectivity index (χ0n) is 17.1. The monoisotopic (exact) mass is 427 g/mol. The number of hydrogen-bond acceptors (Lipinski definition) is 6. The van der Waals surface area contributed by atoms with Crippen molar-refractivity contribution in [3.63, 3.8) is 0 Å². The number of nitriles is 1. The maximum absolute atomic E-state index is 12.7. The lowest BCUT2D eigenvalue weighted by Gasteiger charge is -2.33. The van der Waals surface area contributed by atoms with Crippen LogP contribution in [0.1, 0.15) is 54.4 Å². The summed E-state index contributed by atoms with van der Waals surface area (Å²) >= 11 is 1.21. The molecule has 3 rings (SSSR count). The molecule has 30 heavy (non-hydrogen) atoms. The smallest absolute Gasteiger partial charge is 0.337 e. The summed E-state index contributed by atoms with van der Waals surface area (Å²) < 4.78 is 4.71. The van der Waals surface area contributed by atoms with Gasteiger partial charge < -0.3 is 15.0 Å². The molecule has 1 aromatic rings. The summed E-state index contributed by atoms with van der Waals surface area (Å²) in [6.45, 7) is 2.81. The van der Waals surface area contributed by atoms with Crippen LogP contribution in [0, 0.1) is 11.3 Å². The van der Waals surface area contributed by atoms with Crippen molar-refractivity contribution < 1.29 is 19.1 Å². The number of thioether (sulfide) groups is 1. The molecule has 0 bridgehead atoms. The number of esters is 1. The van der Waals surface area contributed by atoms with E-state index in [4.69, 9.17) is 4.74 Å². The molecular weight excluding hydrogens is 402 g/mol. The molecule has 0 unspecified atom stereocenters. The Bertz CT molecular complexity index is 904. The van der Waals surface area contributed by atoms with E-state index in [1.807, 2.05) is 4.90 Å². The van der Waals surface area contributed by atoms with Crippen molar-refractivity contribution in [2.24, 2.45) is 0 Å². The molecule has 8 heteroatoms. The number of rotatable bonds is 5. The van der Waals surface area contributed by atoms with Crippen LogP contribution in [0.2, 0.25) is 0 Å². The van der Waals surface area contributed by atoms with Gasteiger partial charge in [-0.3, -0.25) is 9.59 Å². The highest BCUT2D eigenvalue weighted by atomic mass is 32.2. The first kappa shape index (κ1) is 21.9. The first-order valence-corrected chi connectivity index (χ1v) is 11.0. The molecule has 0 spiro atoms. The van der Waals surface area contributed by atoms with E-state index in [9.17, 15) is 19.6 Å². The molecule has 0 radical (unpaired) electrons. The van der Waals surface area contributed by atoms with Crippen LogP contribution in [-0.4, -0.2) is 48.1 Å². The molecule has 2 aliphatic heterocycles. The van der Waals surface area contributed by atoms with Crippen molar-refractivity contribution in [3.8, 4) is 6.07 Å². The average molecular weight is 428 g/mol. The summed E-state index contributed by atoms with van der Waals surface area (Å²) in [4.78, 5) is 38.5. The molecule has 2 heterocycles. The van der Waals surface area contributed by atoms with E-state index in [0.29, 0.717) is 16.2 Å². The number of piperidine rings is 1. The minimum Gasteiger partial charge on any atom is -0.465 e. The molecule has 0 saturated carbocycles. The van der Waals surface area contributed by atoms with Crippen LogP contribution in [0.15, 0.2) is 34.9 Å². The van der Waals surface area contributed by atoms with Gasteiger partial charge in [0.25, 0.3) is 0 Å². The van der Waals surface area contributed by atoms with E-state index in [0.717, 1.165) is 31.4 Å². The predicted molar refractivity (Wildman–Crippen MR) is 113 cm³/mol. The molecule has 2 amide bonds. The van der Waals surface area contributed by atoms with Crippen molar-refractivity contribution in [2.45, 2.75) is 44.6 Å². The molecule has 1 saturated heterocycles. The fourth-order valence-electron chi connectivity index (χ4n) is 3.87. The second-order valence-corrected chi connectivity index (χ2v) is 8.48. The minimum atomic E-state index is -0.444. The van der Waals surface area contributed by atoms with E-state index in [2.05, 4.69) is 18.3 Å². The third kappa shape index (κ3) is 4.85. The van der Waals surface area contributed by atoms with Crippen molar-refractivity contribution >= 4 is 29.5 Å². The van der Waals surface area contributed by atoms with Crippen molar-refractivity contribution in [2.75, 3.05) is 19.4 Å². The summed E-state index contributed by atoms with van der Waals surface area (Å²) in [6.07, 6.45) is 3.28. The third-order valence-electron chi connectivity index (χ3n) is 5.55. The van der Waals surface area contributed by atoms with Gasteiger partial charge in [-0.1, -0.05) is 23.9 Å². The number of likely N-dealkylation sites (tertiary alicyclic amines) is 1. The van der Waals surface area contributed by atoms with Crippen LogP contribution in [0.3, 0.4) is 0 Å². The Labute approximate surface area is 180 Å². The maximum Gasteiger partial charge on any atom is 0.337 e. The first-order chi connectivity index (χ1) is 14.4. The van der Waals surface area contributed by atoms with Crippen LogP contribution in [0.4, 0.5) is 0 Å². The lowest BCUT2D eigenvalue weighted by atomic mass is 9.87. The molecule has 2 atom stereocenters. The molecule has 0 aromatic heterocycles. The quantitative estimate of drug-likeness (QED) is 0.726. The first-order valence-electron chi connectivity index (χ1n) is 9.99. The fraction of sp³-hybridized carbons (Fsp3) is 0.455. The Morgan fingerprint density at radius 2 is 2.03 bits per heavy atom. The van der Waals surface area contributed by atoms with E-state index in [1.54, 1.807) is 24.3 Å². The van der Waals surface area contributed by atoms with Gasteiger partial charge in [0.1, 0.15) is 0 Å². The van der Waals surface area contributed by atoms with Crippen LogP contribution in [-0.2, 0) is 14.3 Å². The molecular formula is C22H25N3O4S. The van der Waals surface area contributed by atoms with Gasteiger partial charge in [0.2, 0.25) is 11.8 Å². The van der Waals surface area contributed by atoms with Gasteiger partial charge in [-0.15, -0.1) is 0 Å². The number of ether oxygens (including phenoxy) is 1. The number of nitrogens with zero attached hydrogens (tertiary/aromatic N) is 2. The van der Waals surface area contributed by atoms with Crippen LogP contribution < -0.4 is 5.32 Å². The van der Waals surface area contributed by atoms with Gasteiger partial charge >= 0.3 is 5.97 Å². The SMILES string of the molecule is COC(=O)c1ccc([C@@H]2CC(=O)NC(SCC(=O)N3CCCC[C@H]3C)=C2C#N)cc1. The van der Waals surface area contributed by atoms with Gasteiger partial charge in [0.05, 0.1) is 35.1 Å². The predicted octanol–water partition coefficient (Wildman–Crippen LogP) is 2.95.